The zero-order valence-electron chi connectivity index (χ0n) is 9.02. The van der Waals surface area contributed by atoms with Crippen LogP contribution >= 0.6 is 0 Å². The molecule has 0 aliphatic rings. The van der Waals surface area contributed by atoms with E-state index in [9.17, 15) is 0 Å². The molecule has 1 aromatic rings. The van der Waals surface area contributed by atoms with Gasteiger partial charge in [0.25, 0.3) is 0 Å². The normalized spacial score (nSPS) is 9.27. The Morgan fingerprint density at radius 1 is 1.33 bits per heavy atom. The van der Waals surface area contributed by atoms with Crippen LogP contribution in [0.4, 0.5) is 5.69 Å². The van der Waals surface area contributed by atoms with Crippen molar-refractivity contribution in [3.05, 3.63) is 43.0 Å². The van der Waals surface area contributed by atoms with Gasteiger partial charge in [-0.1, -0.05) is 30.2 Å². The number of para-hydroxylation sites is 1. The maximum atomic E-state index is 5.36. The summed E-state index contributed by atoms with van der Waals surface area (Å²) in [5, 5.41) is 0. The summed E-state index contributed by atoms with van der Waals surface area (Å²) in [6, 6.07) is 10.3. The third-order valence-electron chi connectivity index (χ3n) is 2.24. The summed E-state index contributed by atoms with van der Waals surface area (Å²) in [7, 11) is 0. The molecule has 0 amide bonds. The fourth-order valence-electron chi connectivity index (χ4n) is 1.47. The van der Waals surface area contributed by atoms with Gasteiger partial charge in [0.05, 0.1) is 6.54 Å². The Bertz CT molecular complexity index is 321. The van der Waals surface area contributed by atoms with Gasteiger partial charge in [-0.3, -0.25) is 0 Å². The molecule has 1 heteroatoms. The predicted octanol–water partition coefficient (Wildman–Crippen LogP) is 3.09. The van der Waals surface area contributed by atoms with Crippen molar-refractivity contribution in [3.63, 3.8) is 0 Å². The molecule has 0 saturated carbocycles. The van der Waals surface area contributed by atoms with Crippen LogP contribution in [0.3, 0.4) is 0 Å². The smallest absolute Gasteiger partial charge is 0.0791 e. The zero-order chi connectivity index (χ0) is 10.9. The van der Waals surface area contributed by atoms with Gasteiger partial charge in [-0.15, -0.1) is 13.0 Å². The molecule has 0 aliphatic heterocycles. The molecule has 0 spiro atoms. The second kappa shape index (κ2) is 6.73. The first-order chi connectivity index (χ1) is 7.38. The molecule has 1 aromatic carbocycles. The fourth-order valence-corrected chi connectivity index (χ4v) is 1.47. The third-order valence-corrected chi connectivity index (χ3v) is 2.24. The van der Waals surface area contributed by atoms with Crippen LogP contribution < -0.4 is 4.90 Å². The van der Waals surface area contributed by atoms with Crippen LogP contribution in [0.25, 0.3) is 0 Å². The highest BCUT2D eigenvalue weighted by Crippen LogP contribution is 2.13. The van der Waals surface area contributed by atoms with E-state index in [1.54, 1.807) is 0 Å². The highest BCUT2D eigenvalue weighted by molar-refractivity contribution is 5.46. The van der Waals surface area contributed by atoms with Gasteiger partial charge in [0.15, 0.2) is 0 Å². The van der Waals surface area contributed by atoms with Crippen LogP contribution in [0, 0.1) is 12.3 Å². The largest absolute Gasteiger partial charge is 0.360 e. The molecule has 0 N–H and O–H groups in total. The minimum atomic E-state index is 0.668. The Morgan fingerprint density at radius 3 is 2.67 bits per heavy atom. The van der Waals surface area contributed by atoms with E-state index in [4.69, 9.17) is 6.42 Å². The summed E-state index contributed by atoms with van der Waals surface area (Å²) >= 11 is 0. The number of rotatable bonds is 6. The lowest BCUT2D eigenvalue weighted by molar-refractivity contribution is 0.781. The number of anilines is 1. The quantitative estimate of drug-likeness (QED) is 0.386. The average Bonchev–Trinajstić information content (AvgIpc) is 2.29. The minimum absolute atomic E-state index is 0.668. The van der Waals surface area contributed by atoms with Gasteiger partial charge in [-0.2, -0.15) is 0 Å². The number of unbranched alkanes of at least 4 members (excludes halogenated alkanes) is 1. The Labute approximate surface area is 92.4 Å². The van der Waals surface area contributed by atoms with Gasteiger partial charge < -0.3 is 4.90 Å². The molecule has 0 radical (unpaired) electrons. The van der Waals surface area contributed by atoms with Crippen molar-refractivity contribution in [1.29, 1.82) is 0 Å². The molecule has 0 aliphatic carbocycles. The minimum Gasteiger partial charge on any atom is -0.360 e. The number of hydrogen-bond acceptors (Lipinski definition) is 1. The van der Waals surface area contributed by atoms with Crippen molar-refractivity contribution in [2.45, 2.75) is 12.8 Å². The van der Waals surface area contributed by atoms with Crippen LogP contribution in [-0.4, -0.2) is 13.1 Å². The lowest BCUT2D eigenvalue weighted by Gasteiger charge is -2.21. The summed E-state index contributed by atoms with van der Waals surface area (Å²) in [5.41, 5.74) is 1.19. The lowest BCUT2D eigenvalue weighted by atomic mass is 10.2. The first kappa shape index (κ1) is 11.4. The van der Waals surface area contributed by atoms with Gasteiger partial charge >= 0.3 is 0 Å². The van der Waals surface area contributed by atoms with E-state index in [2.05, 4.69) is 29.5 Å². The summed E-state index contributed by atoms with van der Waals surface area (Å²) < 4.78 is 0. The summed E-state index contributed by atoms with van der Waals surface area (Å²) in [4.78, 5) is 2.21. The van der Waals surface area contributed by atoms with E-state index in [0.717, 1.165) is 19.4 Å². The maximum absolute atomic E-state index is 5.36. The van der Waals surface area contributed by atoms with Crippen molar-refractivity contribution < 1.29 is 0 Å². The topological polar surface area (TPSA) is 3.24 Å². The second-order valence-electron chi connectivity index (χ2n) is 3.39. The Morgan fingerprint density at radius 2 is 2.07 bits per heavy atom. The number of benzene rings is 1. The van der Waals surface area contributed by atoms with Crippen LogP contribution in [0.1, 0.15) is 12.8 Å². The molecule has 0 aromatic heterocycles. The molecular formula is C14H17N. The molecule has 0 bridgehead atoms. The van der Waals surface area contributed by atoms with E-state index in [1.165, 1.54) is 5.69 Å². The molecular weight excluding hydrogens is 182 g/mol. The third kappa shape index (κ3) is 3.91. The first-order valence-corrected chi connectivity index (χ1v) is 5.23. The van der Waals surface area contributed by atoms with Gasteiger partial charge in [0.1, 0.15) is 0 Å². The van der Waals surface area contributed by atoms with Gasteiger partial charge in [-0.25, -0.2) is 0 Å². The van der Waals surface area contributed by atoms with E-state index >= 15 is 0 Å². The molecule has 1 nitrogen and oxygen atoms in total. The van der Waals surface area contributed by atoms with Gasteiger partial charge in [0.2, 0.25) is 0 Å². The van der Waals surface area contributed by atoms with Crippen molar-refractivity contribution in [2.24, 2.45) is 0 Å². The van der Waals surface area contributed by atoms with E-state index in [-0.39, 0.29) is 0 Å². The highest BCUT2D eigenvalue weighted by Gasteiger charge is 2.02. The second-order valence-corrected chi connectivity index (χ2v) is 3.39. The van der Waals surface area contributed by atoms with Crippen molar-refractivity contribution in [3.8, 4) is 12.3 Å². The SMILES string of the molecule is C#CCN(CCCC=C)c1ccccc1. The van der Waals surface area contributed by atoms with Gasteiger partial charge in [-0.05, 0) is 25.0 Å². The van der Waals surface area contributed by atoms with Crippen LogP contribution in [0.2, 0.25) is 0 Å². The Hall–Kier alpha value is -1.68. The van der Waals surface area contributed by atoms with Crippen molar-refractivity contribution >= 4 is 5.69 Å². The highest BCUT2D eigenvalue weighted by atomic mass is 15.1. The fraction of sp³-hybridized carbons (Fsp3) is 0.286. The number of hydrogen-bond donors (Lipinski definition) is 0. The molecule has 15 heavy (non-hydrogen) atoms. The Kier molecular flexibility index (Phi) is 5.11. The maximum Gasteiger partial charge on any atom is 0.0791 e. The summed E-state index contributed by atoms with van der Waals surface area (Å²) in [5.74, 6) is 2.69. The number of allylic oxidation sites excluding steroid dienone is 1. The first-order valence-electron chi connectivity index (χ1n) is 5.23. The molecule has 1 rings (SSSR count). The summed E-state index contributed by atoms with van der Waals surface area (Å²) in [6.07, 6.45) is 9.44. The van der Waals surface area contributed by atoms with Crippen molar-refractivity contribution in [2.75, 3.05) is 18.0 Å². The molecule has 0 unspecified atom stereocenters. The summed E-state index contributed by atoms with van der Waals surface area (Å²) in [6.45, 7) is 5.37. The number of terminal acetylenes is 1. The molecule has 78 valence electrons. The van der Waals surface area contributed by atoms with Crippen LogP contribution in [-0.2, 0) is 0 Å². The molecule has 0 heterocycles. The molecule has 0 saturated heterocycles. The lowest BCUT2D eigenvalue weighted by Crippen LogP contribution is -2.24. The number of nitrogens with zero attached hydrogens (tertiary/aromatic N) is 1. The van der Waals surface area contributed by atoms with E-state index < -0.39 is 0 Å². The average molecular weight is 199 g/mol. The van der Waals surface area contributed by atoms with Crippen LogP contribution in [0.5, 0.6) is 0 Å². The van der Waals surface area contributed by atoms with Crippen LogP contribution in [0.15, 0.2) is 43.0 Å². The standard InChI is InChI=1S/C14H17N/c1-3-5-9-13-15(12-4-2)14-10-7-6-8-11-14/h2-3,6-8,10-11H,1,5,9,12-13H2. The monoisotopic (exact) mass is 199 g/mol. The predicted molar refractivity (Wildman–Crippen MR) is 66.9 cm³/mol. The van der Waals surface area contributed by atoms with E-state index in [1.807, 2.05) is 24.3 Å². The van der Waals surface area contributed by atoms with E-state index in [0.29, 0.717) is 6.54 Å². The molecule has 0 fully saturated rings. The molecule has 0 atom stereocenters. The van der Waals surface area contributed by atoms with Gasteiger partial charge in [0, 0.05) is 12.2 Å². The Balaban J connectivity index is 2.58. The van der Waals surface area contributed by atoms with Crippen molar-refractivity contribution in [1.82, 2.24) is 0 Å². The zero-order valence-corrected chi connectivity index (χ0v) is 9.02.